The van der Waals surface area contributed by atoms with E-state index in [0.717, 1.165) is 0 Å². The zero-order valence-electron chi connectivity index (χ0n) is 8.66. The standard InChI is InChI=1S/C10H10F3NO2S/c11-10(12,13)16-5-4-15-8-3-1-2-7(6-8)9(14)17/h1-3,6H,4-5H2,(H2,14,17). The van der Waals surface area contributed by atoms with Crippen molar-refractivity contribution in [2.24, 2.45) is 5.73 Å². The van der Waals surface area contributed by atoms with Crippen LogP contribution in [0.2, 0.25) is 0 Å². The first-order chi connectivity index (χ1) is 7.88. The molecule has 0 spiro atoms. The third-order valence-electron chi connectivity index (χ3n) is 1.74. The molecule has 1 aromatic carbocycles. The summed E-state index contributed by atoms with van der Waals surface area (Å²) < 4.78 is 43.5. The number of halogens is 3. The normalized spacial score (nSPS) is 11.2. The zero-order chi connectivity index (χ0) is 12.9. The lowest BCUT2D eigenvalue weighted by Gasteiger charge is -2.09. The molecule has 1 rings (SSSR count). The summed E-state index contributed by atoms with van der Waals surface area (Å²) in [4.78, 5) is 0.196. The lowest BCUT2D eigenvalue weighted by atomic mass is 10.2. The van der Waals surface area contributed by atoms with Gasteiger partial charge in [0.1, 0.15) is 17.3 Å². The Morgan fingerprint density at radius 1 is 1.29 bits per heavy atom. The molecule has 0 fully saturated rings. The molecule has 0 radical (unpaired) electrons. The van der Waals surface area contributed by atoms with E-state index in [9.17, 15) is 13.2 Å². The Bertz CT molecular complexity index is 395. The molecule has 0 amide bonds. The Hall–Kier alpha value is -1.34. The van der Waals surface area contributed by atoms with Crippen molar-refractivity contribution in [2.75, 3.05) is 13.2 Å². The molecule has 0 saturated carbocycles. The number of benzene rings is 1. The third kappa shape index (κ3) is 5.50. The van der Waals surface area contributed by atoms with E-state index >= 15 is 0 Å². The van der Waals surface area contributed by atoms with Crippen molar-refractivity contribution in [3.63, 3.8) is 0 Å². The van der Waals surface area contributed by atoms with Crippen molar-refractivity contribution in [2.45, 2.75) is 6.36 Å². The second-order valence-electron chi connectivity index (χ2n) is 3.03. The summed E-state index contributed by atoms with van der Waals surface area (Å²) in [6.45, 7) is -0.777. The zero-order valence-corrected chi connectivity index (χ0v) is 9.48. The Morgan fingerprint density at radius 2 is 2.00 bits per heavy atom. The Labute approximate surface area is 101 Å². The van der Waals surface area contributed by atoms with Crippen molar-refractivity contribution in [3.05, 3.63) is 29.8 Å². The number of ether oxygens (including phenoxy) is 2. The lowest BCUT2D eigenvalue weighted by molar-refractivity contribution is -0.325. The molecule has 0 bridgehead atoms. The van der Waals surface area contributed by atoms with Crippen molar-refractivity contribution in [1.29, 1.82) is 0 Å². The first kappa shape index (κ1) is 13.7. The highest BCUT2D eigenvalue weighted by atomic mass is 32.1. The topological polar surface area (TPSA) is 44.5 Å². The largest absolute Gasteiger partial charge is 0.522 e. The smallest absolute Gasteiger partial charge is 0.491 e. The van der Waals surface area contributed by atoms with Gasteiger partial charge in [-0.25, -0.2) is 0 Å². The molecule has 0 heterocycles. The summed E-state index contributed by atoms with van der Waals surface area (Å²) in [5.74, 6) is 0.390. The fraction of sp³-hybridized carbons (Fsp3) is 0.300. The predicted octanol–water partition coefficient (Wildman–Crippen LogP) is 2.24. The van der Waals surface area contributed by atoms with Gasteiger partial charge in [-0.1, -0.05) is 24.4 Å². The van der Waals surface area contributed by atoms with Crippen LogP contribution in [0.1, 0.15) is 5.56 Å². The van der Waals surface area contributed by atoms with Crippen LogP contribution >= 0.6 is 12.2 Å². The summed E-state index contributed by atoms with van der Waals surface area (Å²) in [6, 6.07) is 6.47. The summed E-state index contributed by atoms with van der Waals surface area (Å²) >= 11 is 4.75. The van der Waals surface area contributed by atoms with Crippen LogP contribution < -0.4 is 10.5 Å². The Kier molecular flexibility index (Phi) is 4.71. The van der Waals surface area contributed by atoms with Gasteiger partial charge in [-0.05, 0) is 12.1 Å². The van der Waals surface area contributed by atoms with Gasteiger partial charge in [0.2, 0.25) is 0 Å². The van der Waals surface area contributed by atoms with Crippen molar-refractivity contribution in [1.82, 2.24) is 0 Å². The van der Waals surface area contributed by atoms with Gasteiger partial charge in [-0.3, -0.25) is 4.74 Å². The molecule has 0 atom stereocenters. The van der Waals surface area contributed by atoms with Gasteiger partial charge in [0.05, 0.1) is 6.61 Å². The van der Waals surface area contributed by atoms with E-state index in [0.29, 0.717) is 11.3 Å². The molecule has 3 nitrogen and oxygen atoms in total. The minimum Gasteiger partial charge on any atom is -0.491 e. The van der Waals surface area contributed by atoms with Gasteiger partial charge in [0.15, 0.2) is 0 Å². The number of hydrogen-bond acceptors (Lipinski definition) is 3. The van der Waals surface area contributed by atoms with Crippen LogP contribution in [0.15, 0.2) is 24.3 Å². The van der Waals surface area contributed by atoms with E-state index < -0.39 is 13.0 Å². The Morgan fingerprint density at radius 3 is 2.59 bits per heavy atom. The maximum atomic E-state index is 11.6. The molecule has 0 aliphatic carbocycles. The molecule has 17 heavy (non-hydrogen) atoms. The van der Waals surface area contributed by atoms with Gasteiger partial charge in [0, 0.05) is 5.56 Å². The van der Waals surface area contributed by atoms with Crippen LogP contribution in [-0.4, -0.2) is 24.6 Å². The van der Waals surface area contributed by atoms with Gasteiger partial charge >= 0.3 is 6.36 Å². The molecule has 1 aromatic rings. The molecular formula is C10H10F3NO2S. The second kappa shape index (κ2) is 5.83. The molecular weight excluding hydrogens is 255 g/mol. The van der Waals surface area contributed by atoms with Crippen molar-refractivity contribution >= 4 is 17.2 Å². The molecule has 2 N–H and O–H groups in total. The van der Waals surface area contributed by atoms with Crippen molar-refractivity contribution < 1.29 is 22.6 Å². The number of alkyl halides is 3. The van der Waals surface area contributed by atoms with E-state index in [-0.39, 0.29) is 11.6 Å². The first-order valence-corrected chi connectivity index (χ1v) is 5.02. The van der Waals surface area contributed by atoms with E-state index in [1.54, 1.807) is 24.3 Å². The van der Waals surface area contributed by atoms with Crippen LogP contribution in [0, 0.1) is 0 Å². The molecule has 94 valence electrons. The third-order valence-corrected chi connectivity index (χ3v) is 1.97. The summed E-state index contributed by atoms with van der Waals surface area (Å²) in [5, 5.41) is 0. The van der Waals surface area contributed by atoms with Crippen LogP contribution in [0.4, 0.5) is 13.2 Å². The van der Waals surface area contributed by atoms with E-state index in [1.807, 2.05) is 0 Å². The second-order valence-corrected chi connectivity index (χ2v) is 3.47. The van der Waals surface area contributed by atoms with Crippen LogP contribution in [-0.2, 0) is 4.74 Å². The lowest BCUT2D eigenvalue weighted by Crippen LogP contribution is -2.18. The molecule has 0 saturated heterocycles. The summed E-state index contributed by atoms with van der Waals surface area (Å²) in [5.41, 5.74) is 5.99. The maximum absolute atomic E-state index is 11.6. The summed E-state index contributed by atoms with van der Waals surface area (Å²) in [7, 11) is 0. The quantitative estimate of drug-likeness (QED) is 0.655. The van der Waals surface area contributed by atoms with Gasteiger partial charge in [-0.2, -0.15) is 0 Å². The highest BCUT2D eigenvalue weighted by Crippen LogP contribution is 2.16. The number of rotatable bonds is 5. The Balaban J connectivity index is 2.42. The van der Waals surface area contributed by atoms with E-state index in [2.05, 4.69) is 4.74 Å². The van der Waals surface area contributed by atoms with E-state index in [1.165, 1.54) is 0 Å². The van der Waals surface area contributed by atoms with Crippen LogP contribution in [0.5, 0.6) is 5.75 Å². The van der Waals surface area contributed by atoms with Crippen molar-refractivity contribution in [3.8, 4) is 5.75 Å². The predicted molar refractivity (Wildman–Crippen MR) is 59.8 cm³/mol. The molecule has 0 unspecified atom stereocenters. The molecule has 0 aliphatic rings. The molecule has 0 aliphatic heterocycles. The van der Waals surface area contributed by atoms with Gasteiger partial charge < -0.3 is 10.5 Å². The monoisotopic (exact) mass is 265 g/mol. The average molecular weight is 265 g/mol. The molecule has 7 heteroatoms. The van der Waals surface area contributed by atoms with Gasteiger partial charge in [0.25, 0.3) is 0 Å². The fourth-order valence-electron chi connectivity index (χ4n) is 1.06. The number of nitrogens with two attached hydrogens (primary N) is 1. The highest BCUT2D eigenvalue weighted by Gasteiger charge is 2.28. The van der Waals surface area contributed by atoms with Crippen LogP contribution in [0.3, 0.4) is 0 Å². The van der Waals surface area contributed by atoms with Gasteiger partial charge in [-0.15, -0.1) is 13.2 Å². The maximum Gasteiger partial charge on any atom is 0.522 e. The highest BCUT2D eigenvalue weighted by molar-refractivity contribution is 7.80. The summed E-state index contributed by atoms with van der Waals surface area (Å²) in [6.07, 6.45) is -4.63. The number of hydrogen-bond donors (Lipinski definition) is 1. The minimum atomic E-state index is -4.63. The first-order valence-electron chi connectivity index (χ1n) is 4.62. The SMILES string of the molecule is NC(=S)c1cccc(OCCOC(F)(F)F)c1. The average Bonchev–Trinajstić information content (AvgIpc) is 2.23. The van der Waals surface area contributed by atoms with Crippen LogP contribution in [0.25, 0.3) is 0 Å². The number of thiocarbonyl (C=S) groups is 1. The fourth-order valence-corrected chi connectivity index (χ4v) is 1.18. The van der Waals surface area contributed by atoms with E-state index in [4.69, 9.17) is 22.7 Å². The minimum absolute atomic E-state index is 0.196. The molecule has 0 aromatic heterocycles.